The number of anilines is 1. The van der Waals surface area contributed by atoms with Gasteiger partial charge in [-0.15, -0.1) is 5.10 Å². The van der Waals surface area contributed by atoms with Crippen molar-refractivity contribution in [3.05, 3.63) is 71.2 Å². The first-order valence-electron chi connectivity index (χ1n) is 10.1. The van der Waals surface area contributed by atoms with E-state index in [0.717, 1.165) is 11.3 Å². The van der Waals surface area contributed by atoms with Crippen molar-refractivity contribution in [2.45, 2.75) is 26.8 Å². The SMILES string of the molecule is CCOC(=O)C1=C(C)Nc2nc(-c3ccc(OCC)cc3)nn2C1c1cccc(F)c1. The molecule has 4 rings (SSSR count). The van der Waals surface area contributed by atoms with E-state index in [9.17, 15) is 9.18 Å². The fourth-order valence-corrected chi connectivity index (χ4v) is 3.60. The van der Waals surface area contributed by atoms with Gasteiger partial charge in [-0.1, -0.05) is 12.1 Å². The van der Waals surface area contributed by atoms with Crippen molar-refractivity contribution >= 4 is 11.9 Å². The van der Waals surface area contributed by atoms with Crippen molar-refractivity contribution in [1.29, 1.82) is 0 Å². The molecule has 3 aromatic rings. The van der Waals surface area contributed by atoms with E-state index < -0.39 is 17.8 Å². The summed E-state index contributed by atoms with van der Waals surface area (Å²) in [4.78, 5) is 17.4. The van der Waals surface area contributed by atoms with E-state index in [1.807, 2.05) is 31.2 Å². The topological polar surface area (TPSA) is 78.3 Å². The van der Waals surface area contributed by atoms with Crippen LogP contribution in [-0.2, 0) is 9.53 Å². The standard InChI is InChI=1S/C23H23FN4O3/c1-4-30-18-11-9-15(10-12-18)21-26-23-25-14(3)19(22(29)31-5-2)20(28(23)27-21)16-7-6-8-17(24)13-16/h6-13,20H,4-5H2,1-3H3,(H,25,26,27). The molecule has 8 heteroatoms. The summed E-state index contributed by atoms with van der Waals surface area (Å²) in [7, 11) is 0. The monoisotopic (exact) mass is 422 g/mol. The number of esters is 1. The van der Waals surface area contributed by atoms with Gasteiger partial charge in [0.15, 0.2) is 5.82 Å². The largest absolute Gasteiger partial charge is 0.494 e. The number of hydrogen-bond acceptors (Lipinski definition) is 6. The van der Waals surface area contributed by atoms with Gasteiger partial charge < -0.3 is 14.8 Å². The Morgan fingerprint density at radius 1 is 1.16 bits per heavy atom. The average molecular weight is 422 g/mol. The zero-order valence-corrected chi connectivity index (χ0v) is 17.6. The summed E-state index contributed by atoms with van der Waals surface area (Å²) in [6, 6.07) is 12.9. The van der Waals surface area contributed by atoms with Crippen LogP contribution < -0.4 is 10.1 Å². The van der Waals surface area contributed by atoms with Crippen LogP contribution in [0.2, 0.25) is 0 Å². The van der Waals surface area contributed by atoms with Crippen LogP contribution in [0.15, 0.2) is 59.8 Å². The molecule has 0 spiro atoms. The van der Waals surface area contributed by atoms with Crippen LogP contribution in [0.4, 0.5) is 10.3 Å². The van der Waals surface area contributed by atoms with Crippen LogP contribution in [0.1, 0.15) is 32.4 Å². The summed E-state index contributed by atoms with van der Waals surface area (Å²) in [5, 5.41) is 7.78. The zero-order valence-electron chi connectivity index (χ0n) is 17.6. The molecule has 1 aliphatic rings. The third-order valence-corrected chi connectivity index (χ3v) is 4.94. The lowest BCUT2D eigenvalue weighted by atomic mass is 9.96. The van der Waals surface area contributed by atoms with Gasteiger partial charge in [0.05, 0.1) is 18.8 Å². The molecular weight excluding hydrogens is 399 g/mol. The van der Waals surface area contributed by atoms with Crippen LogP contribution in [0, 0.1) is 5.82 Å². The molecule has 0 amide bonds. The summed E-state index contributed by atoms with van der Waals surface area (Å²) in [6.45, 7) is 6.25. The second-order valence-corrected chi connectivity index (χ2v) is 7.00. The number of nitrogens with one attached hydrogen (secondary N) is 1. The van der Waals surface area contributed by atoms with Crippen molar-refractivity contribution in [2.24, 2.45) is 0 Å². The van der Waals surface area contributed by atoms with E-state index in [-0.39, 0.29) is 6.61 Å². The number of ether oxygens (including phenoxy) is 2. The van der Waals surface area contributed by atoms with Gasteiger partial charge in [0.1, 0.15) is 17.6 Å². The third-order valence-electron chi connectivity index (χ3n) is 4.94. The normalized spacial score (nSPS) is 15.3. The second-order valence-electron chi connectivity index (χ2n) is 7.00. The number of allylic oxidation sites excluding steroid dienone is 1. The number of benzene rings is 2. The number of halogens is 1. The lowest BCUT2D eigenvalue weighted by Crippen LogP contribution is -2.29. The molecule has 0 bridgehead atoms. The molecule has 0 radical (unpaired) electrons. The first-order valence-corrected chi connectivity index (χ1v) is 10.1. The van der Waals surface area contributed by atoms with Crippen LogP contribution in [-0.4, -0.2) is 33.9 Å². The predicted octanol–water partition coefficient (Wildman–Crippen LogP) is 4.33. The van der Waals surface area contributed by atoms with E-state index >= 15 is 0 Å². The summed E-state index contributed by atoms with van der Waals surface area (Å²) >= 11 is 0. The highest BCUT2D eigenvalue weighted by Crippen LogP contribution is 2.37. The molecular formula is C23H23FN4O3. The van der Waals surface area contributed by atoms with Crippen molar-refractivity contribution in [3.63, 3.8) is 0 Å². The Kier molecular flexibility index (Phi) is 5.70. The van der Waals surface area contributed by atoms with Crippen molar-refractivity contribution in [2.75, 3.05) is 18.5 Å². The van der Waals surface area contributed by atoms with Crippen LogP contribution in [0.25, 0.3) is 11.4 Å². The number of nitrogens with zero attached hydrogens (tertiary/aromatic N) is 3. The van der Waals surface area contributed by atoms with Gasteiger partial charge in [0.25, 0.3) is 0 Å². The first-order chi connectivity index (χ1) is 15.0. The smallest absolute Gasteiger partial charge is 0.338 e. The molecule has 0 aliphatic carbocycles. The Morgan fingerprint density at radius 2 is 1.94 bits per heavy atom. The van der Waals surface area contributed by atoms with Gasteiger partial charge in [-0.3, -0.25) is 0 Å². The highest BCUT2D eigenvalue weighted by molar-refractivity contribution is 5.92. The van der Waals surface area contributed by atoms with E-state index in [1.54, 1.807) is 30.7 Å². The highest BCUT2D eigenvalue weighted by atomic mass is 19.1. The molecule has 2 heterocycles. The highest BCUT2D eigenvalue weighted by Gasteiger charge is 2.35. The van der Waals surface area contributed by atoms with Crippen LogP contribution >= 0.6 is 0 Å². The average Bonchev–Trinajstić information content (AvgIpc) is 3.17. The molecule has 7 nitrogen and oxygen atoms in total. The molecule has 1 atom stereocenters. The lowest BCUT2D eigenvalue weighted by Gasteiger charge is -2.28. The van der Waals surface area contributed by atoms with Gasteiger partial charge in [-0.25, -0.2) is 13.9 Å². The number of carbonyl (C=O) groups is 1. The Morgan fingerprint density at radius 3 is 2.61 bits per heavy atom. The minimum absolute atomic E-state index is 0.229. The fourth-order valence-electron chi connectivity index (χ4n) is 3.60. The summed E-state index contributed by atoms with van der Waals surface area (Å²) in [6.07, 6.45) is 0. The van der Waals surface area contributed by atoms with Crippen molar-refractivity contribution in [1.82, 2.24) is 14.8 Å². The predicted molar refractivity (Wildman–Crippen MR) is 114 cm³/mol. The Labute approximate surface area is 179 Å². The van der Waals surface area contributed by atoms with E-state index in [2.05, 4.69) is 15.4 Å². The van der Waals surface area contributed by atoms with Gasteiger partial charge in [0.2, 0.25) is 5.95 Å². The molecule has 0 fully saturated rings. The summed E-state index contributed by atoms with van der Waals surface area (Å²) < 4.78 is 26.4. The minimum atomic E-state index is -0.671. The maximum absolute atomic E-state index is 14.0. The van der Waals surface area contributed by atoms with Gasteiger partial charge in [-0.2, -0.15) is 4.98 Å². The Bertz CT molecular complexity index is 1140. The van der Waals surface area contributed by atoms with Gasteiger partial charge in [-0.05, 0) is 62.7 Å². The van der Waals surface area contributed by atoms with E-state index in [1.165, 1.54) is 12.1 Å². The number of hydrogen-bond donors (Lipinski definition) is 1. The molecule has 31 heavy (non-hydrogen) atoms. The molecule has 2 aromatic carbocycles. The molecule has 1 N–H and O–H groups in total. The molecule has 1 aliphatic heterocycles. The molecule has 0 saturated heterocycles. The maximum atomic E-state index is 14.0. The quantitative estimate of drug-likeness (QED) is 0.596. The lowest BCUT2D eigenvalue weighted by molar-refractivity contribution is -0.139. The van der Waals surface area contributed by atoms with Gasteiger partial charge in [0, 0.05) is 11.3 Å². The molecule has 0 saturated carbocycles. The number of aromatic nitrogens is 3. The fraction of sp³-hybridized carbons (Fsp3) is 0.261. The van der Waals surface area contributed by atoms with E-state index in [0.29, 0.717) is 35.2 Å². The second kappa shape index (κ2) is 8.59. The number of carbonyl (C=O) groups excluding carboxylic acids is 1. The minimum Gasteiger partial charge on any atom is -0.494 e. The summed E-state index contributed by atoms with van der Waals surface area (Å²) in [5.41, 5.74) is 2.32. The van der Waals surface area contributed by atoms with Crippen LogP contribution in [0.5, 0.6) is 5.75 Å². The molecule has 1 unspecified atom stereocenters. The number of fused-ring (bicyclic) bond motifs is 1. The number of rotatable bonds is 6. The van der Waals surface area contributed by atoms with Gasteiger partial charge >= 0.3 is 5.97 Å². The summed E-state index contributed by atoms with van der Waals surface area (Å²) in [5.74, 6) is 0.817. The Hall–Kier alpha value is -3.68. The van der Waals surface area contributed by atoms with E-state index in [4.69, 9.17) is 9.47 Å². The molecule has 160 valence electrons. The van der Waals surface area contributed by atoms with Crippen molar-refractivity contribution < 1.29 is 18.7 Å². The zero-order chi connectivity index (χ0) is 22.0. The Balaban J connectivity index is 1.80. The van der Waals surface area contributed by atoms with Crippen LogP contribution in [0.3, 0.4) is 0 Å². The first kappa shape index (κ1) is 20.6. The third kappa shape index (κ3) is 4.01. The van der Waals surface area contributed by atoms with Crippen molar-refractivity contribution in [3.8, 4) is 17.1 Å². The molecule has 1 aromatic heterocycles. The maximum Gasteiger partial charge on any atom is 0.338 e.